The largest absolute Gasteiger partial charge is 0.494 e. The molecule has 0 radical (unpaired) electrons. The van der Waals surface area contributed by atoms with Gasteiger partial charge in [0.05, 0.1) is 20.3 Å². The van der Waals surface area contributed by atoms with E-state index >= 15 is 0 Å². The smallest absolute Gasteiger partial charge is 0.191 e. The zero-order chi connectivity index (χ0) is 18.1. The van der Waals surface area contributed by atoms with Crippen molar-refractivity contribution in [2.45, 2.75) is 26.3 Å². The molecule has 1 atom stereocenters. The molecule has 26 heavy (non-hydrogen) atoms. The van der Waals surface area contributed by atoms with Crippen LogP contribution in [-0.4, -0.2) is 51.1 Å². The van der Waals surface area contributed by atoms with Gasteiger partial charge in [-0.15, -0.1) is 24.0 Å². The van der Waals surface area contributed by atoms with Gasteiger partial charge in [0.2, 0.25) is 0 Å². The first kappa shape index (κ1) is 22.9. The highest BCUT2D eigenvalue weighted by Crippen LogP contribution is 2.31. The second-order valence-corrected chi connectivity index (χ2v) is 6.29. The van der Waals surface area contributed by atoms with Crippen LogP contribution in [0.1, 0.15) is 25.3 Å². The van der Waals surface area contributed by atoms with Crippen molar-refractivity contribution in [2.75, 3.05) is 40.0 Å². The summed E-state index contributed by atoms with van der Waals surface area (Å²) in [5.74, 6) is 0.506. The molecule has 0 amide bonds. The molecule has 1 saturated heterocycles. The lowest BCUT2D eigenvalue weighted by Crippen LogP contribution is -2.44. The molecule has 0 saturated carbocycles. The van der Waals surface area contributed by atoms with Gasteiger partial charge in [-0.3, -0.25) is 0 Å². The number of ether oxygens (including phenoxy) is 2. The fourth-order valence-corrected chi connectivity index (χ4v) is 2.90. The number of aliphatic imine (C=N–C) groups is 1. The maximum atomic E-state index is 13.8. The van der Waals surface area contributed by atoms with Crippen LogP contribution in [0.4, 0.5) is 4.39 Å². The molecule has 1 fully saturated rings. The van der Waals surface area contributed by atoms with E-state index < -0.39 is 5.82 Å². The maximum absolute atomic E-state index is 13.8. The second kappa shape index (κ2) is 11.6. The molecule has 1 aromatic carbocycles. The van der Waals surface area contributed by atoms with Gasteiger partial charge < -0.3 is 25.2 Å². The van der Waals surface area contributed by atoms with Crippen molar-refractivity contribution < 1.29 is 19.0 Å². The van der Waals surface area contributed by atoms with E-state index in [0.29, 0.717) is 32.1 Å². The molecule has 1 unspecified atom stereocenters. The SMILES string of the molecule is CCNC(=NCc1ccc(OC)c(F)c1)NCC1(CCO)CCOC1.I. The fourth-order valence-electron chi connectivity index (χ4n) is 2.90. The van der Waals surface area contributed by atoms with Crippen LogP contribution in [0.2, 0.25) is 0 Å². The number of rotatable bonds is 8. The van der Waals surface area contributed by atoms with Gasteiger partial charge in [0, 0.05) is 31.7 Å². The lowest BCUT2D eigenvalue weighted by molar-refractivity contribution is 0.127. The van der Waals surface area contributed by atoms with Gasteiger partial charge in [0.1, 0.15) is 0 Å². The molecule has 0 bridgehead atoms. The molecule has 8 heteroatoms. The number of hydrogen-bond donors (Lipinski definition) is 3. The molecule has 3 N–H and O–H groups in total. The molecule has 1 heterocycles. The molecule has 2 rings (SSSR count). The third kappa shape index (κ3) is 6.55. The third-order valence-electron chi connectivity index (χ3n) is 4.44. The lowest BCUT2D eigenvalue weighted by Gasteiger charge is -2.27. The Labute approximate surface area is 171 Å². The van der Waals surface area contributed by atoms with Crippen LogP contribution in [0, 0.1) is 11.2 Å². The van der Waals surface area contributed by atoms with E-state index in [9.17, 15) is 9.50 Å². The number of benzene rings is 1. The van der Waals surface area contributed by atoms with Gasteiger partial charge in [-0.2, -0.15) is 0 Å². The Hall–Kier alpha value is -1.13. The fraction of sp³-hybridized carbons (Fsp3) is 0.611. The van der Waals surface area contributed by atoms with Crippen molar-refractivity contribution in [3.05, 3.63) is 29.6 Å². The Kier molecular flexibility index (Phi) is 10.2. The number of nitrogens with one attached hydrogen (secondary N) is 2. The van der Waals surface area contributed by atoms with Crippen LogP contribution < -0.4 is 15.4 Å². The monoisotopic (exact) mass is 481 g/mol. The molecule has 1 aliphatic heterocycles. The van der Waals surface area contributed by atoms with E-state index in [1.54, 1.807) is 12.1 Å². The highest BCUT2D eigenvalue weighted by molar-refractivity contribution is 14.0. The first-order valence-electron chi connectivity index (χ1n) is 8.65. The van der Waals surface area contributed by atoms with Crippen LogP contribution >= 0.6 is 24.0 Å². The third-order valence-corrected chi connectivity index (χ3v) is 4.44. The Morgan fingerprint density at radius 1 is 1.42 bits per heavy atom. The topological polar surface area (TPSA) is 75.1 Å². The standard InChI is InChI=1S/C18H28FN3O3.HI/c1-3-20-17(22-12-18(6-8-23)7-9-25-13-18)21-11-14-4-5-16(24-2)15(19)10-14;/h4-5,10,23H,3,6-9,11-13H2,1-2H3,(H2,20,21,22);1H. The molecule has 0 spiro atoms. The summed E-state index contributed by atoms with van der Waals surface area (Å²) in [5, 5.41) is 15.8. The van der Waals surface area contributed by atoms with Gasteiger partial charge in [-0.25, -0.2) is 9.38 Å². The van der Waals surface area contributed by atoms with E-state index in [2.05, 4.69) is 15.6 Å². The zero-order valence-corrected chi connectivity index (χ0v) is 17.7. The van der Waals surface area contributed by atoms with E-state index in [-0.39, 0.29) is 41.7 Å². The Morgan fingerprint density at radius 2 is 2.23 bits per heavy atom. The zero-order valence-electron chi connectivity index (χ0n) is 15.4. The summed E-state index contributed by atoms with van der Waals surface area (Å²) in [6.45, 7) is 5.27. The molecule has 0 aliphatic carbocycles. The quantitative estimate of drug-likeness (QED) is 0.302. The molecule has 1 aromatic rings. The molecule has 0 aromatic heterocycles. The minimum absolute atomic E-state index is 0. The number of methoxy groups -OCH3 is 1. The van der Waals surface area contributed by atoms with Gasteiger partial charge >= 0.3 is 0 Å². The van der Waals surface area contributed by atoms with Crippen molar-refractivity contribution in [1.82, 2.24) is 10.6 Å². The molecule has 148 valence electrons. The highest BCUT2D eigenvalue weighted by atomic mass is 127. The number of aliphatic hydroxyl groups excluding tert-OH is 1. The highest BCUT2D eigenvalue weighted by Gasteiger charge is 2.34. The van der Waals surface area contributed by atoms with Crippen molar-refractivity contribution in [3.63, 3.8) is 0 Å². The van der Waals surface area contributed by atoms with Crippen molar-refractivity contribution >= 4 is 29.9 Å². The second-order valence-electron chi connectivity index (χ2n) is 6.29. The number of nitrogens with zero attached hydrogens (tertiary/aromatic N) is 1. The minimum atomic E-state index is -0.391. The number of hydrogen-bond acceptors (Lipinski definition) is 4. The first-order valence-corrected chi connectivity index (χ1v) is 8.65. The Morgan fingerprint density at radius 3 is 2.81 bits per heavy atom. The number of aliphatic hydroxyl groups is 1. The number of guanidine groups is 1. The van der Waals surface area contributed by atoms with Crippen molar-refractivity contribution in [1.29, 1.82) is 0 Å². The van der Waals surface area contributed by atoms with Crippen LogP contribution in [-0.2, 0) is 11.3 Å². The average molecular weight is 481 g/mol. The lowest BCUT2D eigenvalue weighted by atomic mass is 9.84. The predicted octanol–water partition coefficient (Wildman–Crippen LogP) is 2.30. The summed E-state index contributed by atoms with van der Waals surface area (Å²) in [4.78, 5) is 4.52. The van der Waals surface area contributed by atoms with Crippen LogP contribution in [0.5, 0.6) is 5.75 Å². The Balaban J connectivity index is 0.00000338. The predicted molar refractivity (Wildman–Crippen MR) is 111 cm³/mol. The first-order chi connectivity index (χ1) is 12.1. The molecule has 1 aliphatic rings. The van der Waals surface area contributed by atoms with Crippen molar-refractivity contribution in [2.24, 2.45) is 10.4 Å². The Bertz CT molecular complexity index is 581. The summed E-state index contributed by atoms with van der Waals surface area (Å²) < 4.78 is 24.2. The summed E-state index contributed by atoms with van der Waals surface area (Å²) in [5.41, 5.74) is 0.710. The van der Waals surface area contributed by atoms with Crippen LogP contribution in [0.3, 0.4) is 0 Å². The number of halogens is 2. The minimum Gasteiger partial charge on any atom is -0.494 e. The van der Waals surface area contributed by atoms with Crippen LogP contribution in [0.15, 0.2) is 23.2 Å². The van der Waals surface area contributed by atoms with E-state index in [1.807, 2.05) is 6.92 Å². The molecular formula is C18H29FIN3O3. The molecule has 6 nitrogen and oxygen atoms in total. The van der Waals surface area contributed by atoms with Gasteiger partial charge in [0.25, 0.3) is 0 Å². The maximum Gasteiger partial charge on any atom is 0.191 e. The normalized spacial score (nSPS) is 19.8. The van der Waals surface area contributed by atoms with E-state index in [1.165, 1.54) is 13.2 Å². The average Bonchev–Trinajstić information content (AvgIpc) is 3.07. The van der Waals surface area contributed by atoms with Gasteiger partial charge in [0.15, 0.2) is 17.5 Å². The summed E-state index contributed by atoms with van der Waals surface area (Å²) in [6, 6.07) is 4.84. The molecular weight excluding hydrogens is 452 g/mol. The van der Waals surface area contributed by atoms with Crippen LogP contribution in [0.25, 0.3) is 0 Å². The summed E-state index contributed by atoms with van der Waals surface area (Å²) >= 11 is 0. The van der Waals surface area contributed by atoms with Gasteiger partial charge in [-0.1, -0.05) is 6.07 Å². The van der Waals surface area contributed by atoms with E-state index in [0.717, 1.165) is 25.1 Å². The van der Waals surface area contributed by atoms with E-state index in [4.69, 9.17) is 9.47 Å². The van der Waals surface area contributed by atoms with Crippen molar-refractivity contribution in [3.8, 4) is 5.75 Å². The van der Waals surface area contributed by atoms with Gasteiger partial charge in [-0.05, 0) is 37.5 Å². The summed E-state index contributed by atoms with van der Waals surface area (Å²) in [6.07, 6.45) is 1.62. The summed E-state index contributed by atoms with van der Waals surface area (Å²) in [7, 11) is 1.44.